The van der Waals surface area contributed by atoms with Crippen LogP contribution in [0.15, 0.2) is 4.52 Å². The summed E-state index contributed by atoms with van der Waals surface area (Å²) in [5.74, 6) is 2.98. The number of piperazine rings is 1. The van der Waals surface area contributed by atoms with Gasteiger partial charge in [0.15, 0.2) is 5.82 Å². The molecule has 5 nitrogen and oxygen atoms in total. The summed E-state index contributed by atoms with van der Waals surface area (Å²) in [6.45, 7) is 6.50. The predicted octanol–water partition coefficient (Wildman–Crippen LogP) is 2.77. The second kappa shape index (κ2) is 7.61. The molecule has 118 valence electrons. The minimum absolute atomic E-state index is 0.322. The lowest BCUT2D eigenvalue weighted by Gasteiger charge is -2.33. The van der Waals surface area contributed by atoms with Crippen molar-refractivity contribution in [2.45, 2.75) is 50.3 Å². The van der Waals surface area contributed by atoms with Crippen LogP contribution in [-0.2, 0) is 0 Å². The maximum absolute atomic E-state index is 5.60. The summed E-state index contributed by atoms with van der Waals surface area (Å²) >= 11 is 1.97. The number of hydrogen-bond donors (Lipinski definition) is 1. The zero-order valence-corrected chi connectivity index (χ0v) is 13.7. The summed E-state index contributed by atoms with van der Waals surface area (Å²) in [6, 6.07) is 0.322. The highest BCUT2D eigenvalue weighted by molar-refractivity contribution is 7.99. The first kappa shape index (κ1) is 15.3. The largest absolute Gasteiger partial charge is 0.338 e. The van der Waals surface area contributed by atoms with Gasteiger partial charge in [0.1, 0.15) is 0 Å². The SMILES string of the molecule is CCCC(c1noc(C2CCCCS2)n1)N1CCNCC1. The van der Waals surface area contributed by atoms with Crippen LogP contribution in [0.5, 0.6) is 0 Å². The van der Waals surface area contributed by atoms with Crippen LogP contribution in [0.25, 0.3) is 0 Å². The third-order valence-corrected chi connectivity index (χ3v) is 5.73. The van der Waals surface area contributed by atoms with Crippen molar-refractivity contribution in [3.63, 3.8) is 0 Å². The molecule has 1 aromatic rings. The normalized spacial score (nSPS) is 25.9. The zero-order chi connectivity index (χ0) is 14.5. The van der Waals surface area contributed by atoms with Crippen LogP contribution in [0.1, 0.15) is 62.0 Å². The van der Waals surface area contributed by atoms with E-state index in [-0.39, 0.29) is 0 Å². The van der Waals surface area contributed by atoms with Crippen molar-refractivity contribution in [1.29, 1.82) is 0 Å². The first-order chi connectivity index (χ1) is 10.4. The maximum Gasteiger partial charge on any atom is 0.239 e. The van der Waals surface area contributed by atoms with E-state index in [9.17, 15) is 0 Å². The van der Waals surface area contributed by atoms with E-state index in [0.29, 0.717) is 11.3 Å². The molecule has 2 aliphatic heterocycles. The van der Waals surface area contributed by atoms with E-state index in [1.165, 1.54) is 25.0 Å². The Hall–Kier alpha value is -0.590. The van der Waals surface area contributed by atoms with Crippen molar-refractivity contribution < 1.29 is 4.52 Å². The molecule has 3 heterocycles. The van der Waals surface area contributed by atoms with E-state index in [0.717, 1.165) is 50.7 Å². The van der Waals surface area contributed by atoms with Gasteiger partial charge in [-0.25, -0.2) is 0 Å². The minimum Gasteiger partial charge on any atom is -0.338 e. The maximum atomic E-state index is 5.60. The molecule has 6 heteroatoms. The van der Waals surface area contributed by atoms with Crippen LogP contribution in [-0.4, -0.2) is 47.0 Å². The molecular formula is C15H26N4OS. The molecule has 21 heavy (non-hydrogen) atoms. The molecule has 1 N–H and O–H groups in total. The fourth-order valence-electron chi connectivity index (χ4n) is 3.19. The molecule has 2 aliphatic rings. The highest BCUT2D eigenvalue weighted by Gasteiger charge is 2.28. The fraction of sp³-hybridized carbons (Fsp3) is 0.867. The van der Waals surface area contributed by atoms with Gasteiger partial charge in [0.05, 0.1) is 11.3 Å². The van der Waals surface area contributed by atoms with E-state index < -0.39 is 0 Å². The fourth-order valence-corrected chi connectivity index (χ4v) is 4.42. The van der Waals surface area contributed by atoms with E-state index >= 15 is 0 Å². The Morgan fingerprint density at radius 3 is 2.95 bits per heavy atom. The van der Waals surface area contributed by atoms with Gasteiger partial charge in [-0.2, -0.15) is 4.98 Å². The van der Waals surface area contributed by atoms with Gasteiger partial charge < -0.3 is 9.84 Å². The third-order valence-electron chi connectivity index (χ3n) is 4.37. The molecule has 2 fully saturated rings. The number of aromatic nitrogens is 2. The number of nitrogens with one attached hydrogen (secondary N) is 1. The zero-order valence-electron chi connectivity index (χ0n) is 12.9. The van der Waals surface area contributed by atoms with E-state index in [1.807, 2.05) is 11.8 Å². The Labute approximate surface area is 131 Å². The van der Waals surface area contributed by atoms with Gasteiger partial charge in [0.25, 0.3) is 0 Å². The third kappa shape index (κ3) is 3.79. The molecular weight excluding hydrogens is 284 g/mol. The molecule has 0 aromatic carbocycles. The van der Waals surface area contributed by atoms with E-state index in [4.69, 9.17) is 9.51 Å². The summed E-state index contributed by atoms with van der Waals surface area (Å²) < 4.78 is 5.60. The van der Waals surface area contributed by atoms with Crippen molar-refractivity contribution in [3.05, 3.63) is 11.7 Å². The van der Waals surface area contributed by atoms with Gasteiger partial charge in [-0.3, -0.25) is 4.90 Å². The van der Waals surface area contributed by atoms with Gasteiger partial charge in [0, 0.05) is 26.2 Å². The standard InChI is InChI=1S/C15H26N4OS/c1-2-5-12(19-9-7-16-8-10-19)14-17-15(20-18-14)13-6-3-4-11-21-13/h12-13,16H,2-11H2,1H3. The van der Waals surface area contributed by atoms with Crippen molar-refractivity contribution in [2.24, 2.45) is 0 Å². The first-order valence-electron chi connectivity index (χ1n) is 8.28. The highest BCUT2D eigenvalue weighted by Crippen LogP contribution is 2.38. The topological polar surface area (TPSA) is 54.2 Å². The number of rotatable bonds is 5. The minimum atomic E-state index is 0.322. The van der Waals surface area contributed by atoms with Crippen LogP contribution >= 0.6 is 11.8 Å². The Kier molecular flexibility index (Phi) is 5.55. The van der Waals surface area contributed by atoms with E-state index in [2.05, 4.69) is 22.3 Å². The van der Waals surface area contributed by atoms with Crippen molar-refractivity contribution in [2.75, 3.05) is 31.9 Å². The van der Waals surface area contributed by atoms with Crippen LogP contribution in [0, 0.1) is 0 Å². The van der Waals surface area contributed by atoms with Gasteiger partial charge in [-0.05, 0) is 25.0 Å². The van der Waals surface area contributed by atoms with Crippen molar-refractivity contribution in [1.82, 2.24) is 20.4 Å². The monoisotopic (exact) mass is 310 g/mol. The molecule has 2 saturated heterocycles. The molecule has 2 atom stereocenters. The predicted molar refractivity (Wildman–Crippen MR) is 85.4 cm³/mol. The second-order valence-corrected chi connectivity index (χ2v) is 7.25. The Bertz CT molecular complexity index is 427. The Morgan fingerprint density at radius 1 is 1.38 bits per heavy atom. The summed E-state index contributed by atoms with van der Waals surface area (Å²) in [6.07, 6.45) is 6.04. The first-order valence-corrected chi connectivity index (χ1v) is 9.33. The molecule has 3 rings (SSSR count). The van der Waals surface area contributed by atoms with Crippen LogP contribution < -0.4 is 5.32 Å². The molecule has 0 saturated carbocycles. The molecule has 0 spiro atoms. The summed E-state index contributed by atoms with van der Waals surface area (Å²) in [4.78, 5) is 7.27. The summed E-state index contributed by atoms with van der Waals surface area (Å²) in [7, 11) is 0. The molecule has 0 amide bonds. The average Bonchev–Trinajstić information content (AvgIpc) is 3.04. The lowest BCUT2D eigenvalue weighted by molar-refractivity contribution is 0.155. The Morgan fingerprint density at radius 2 is 2.24 bits per heavy atom. The molecule has 1 aromatic heterocycles. The molecule has 0 aliphatic carbocycles. The lowest BCUT2D eigenvalue weighted by atomic mass is 10.1. The molecule has 0 radical (unpaired) electrons. The number of thioether (sulfide) groups is 1. The van der Waals surface area contributed by atoms with Crippen molar-refractivity contribution >= 4 is 11.8 Å². The molecule has 0 bridgehead atoms. The Balaban J connectivity index is 1.71. The second-order valence-electron chi connectivity index (χ2n) is 5.94. The quantitative estimate of drug-likeness (QED) is 0.902. The van der Waals surface area contributed by atoms with Crippen LogP contribution in [0.3, 0.4) is 0 Å². The molecule has 2 unspecified atom stereocenters. The van der Waals surface area contributed by atoms with E-state index in [1.54, 1.807) is 0 Å². The van der Waals surface area contributed by atoms with Gasteiger partial charge in [-0.15, -0.1) is 11.8 Å². The van der Waals surface area contributed by atoms with Gasteiger partial charge in [0.2, 0.25) is 5.89 Å². The van der Waals surface area contributed by atoms with Crippen LogP contribution in [0.2, 0.25) is 0 Å². The lowest BCUT2D eigenvalue weighted by Crippen LogP contribution is -2.45. The number of nitrogens with zero attached hydrogens (tertiary/aromatic N) is 3. The average molecular weight is 310 g/mol. The van der Waals surface area contributed by atoms with Gasteiger partial charge in [-0.1, -0.05) is 24.9 Å². The summed E-state index contributed by atoms with van der Waals surface area (Å²) in [5, 5.41) is 8.16. The number of hydrogen-bond acceptors (Lipinski definition) is 6. The van der Waals surface area contributed by atoms with Crippen molar-refractivity contribution in [3.8, 4) is 0 Å². The highest BCUT2D eigenvalue weighted by atomic mass is 32.2. The van der Waals surface area contributed by atoms with Gasteiger partial charge >= 0.3 is 0 Å². The summed E-state index contributed by atoms with van der Waals surface area (Å²) in [5.41, 5.74) is 0. The van der Waals surface area contributed by atoms with Crippen LogP contribution in [0.4, 0.5) is 0 Å². The smallest absolute Gasteiger partial charge is 0.239 e.